The van der Waals surface area contributed by atoms with Crippen molar-refractivity contribution in [2.45, 2.75) is 45.4 Å². The molecule has 0 aromatic carbocycles. The number of halogens is 2. The van der Waals surface area contributed by atoms with Crippen LogP contribution in [0.4, 0.5) is 8.59 Å². The van der Waals surface area contributed by atoms with E-state index >= 15 is 0 Å². The zero-order valence-electron chi connectivity index (χ0n) is 7.96. The van der Waals surface area contributed by atoms with Gasteiger partial charge < -0.3 is 0 Å². The van der Waals surface area contributed by atoms with Gasteiger partial charge in [-0.25, -0.2) is 0 Å². The van der Waals surface area contributed by atoms with Gasteiger partial charge in [-0.2, -0.15) is 8.42 Å². The maximum absolute atomic E-state index is 11.9. The van der Waals surface area contributed by atoms with Crippen LogP contribution in [0.3, 0.4) is 0 Å². The summed E-state index contributed by atoms with van der Waals surface area (Å²) in [6.07, 6.45) is 5.78. The summed E-state index contributed by atoms with van der Waals surface area (Å²) in [6, 6.07) is 0. The molecule has 2 nitrogen and oxygen atoms in total. The van der Waals surface area contributed by atoms with Gasteiger partial charge in [0.25, 0.3) is 0 Å². The van der Waals surface area contributed by atoms with E-state index in [1.165, 1.54) is 12.8 Å². The van der Waals surface area contributed by atoms with Crippen molar-refractivity contribution in [1.82, 2.24) is 0 Å². The number of hydrogen-bond donors (Lipinski definition) is 0. The van der Waals surface area contributed by atoms with E-state index in [-0.39, 0.29) is 10.5 Å². The molecule has 0 unspecified atom stereocenters. The molecule has 0 atom stereocenters. The van der Waals surface area contributed by atoms with Crippen molar-refractivity contribution in [2.75, 3.05) is 5.75 Å². The van der Waals surface area contributed by atoms with Crippen molar-refractivity contribution in [3.05, 3.63) is 0 Å². The van der Waals surface area contributed by atoms with Crippen LogP contribution in [-0.4, -0.2) is 14.2 Å². The van der Waals surface area contributed by atoms with Crippen LogP contribution >= 0.6 is 0 Å². The van der Waals surface area contributed by atoms with E-state index in [0.717, 1.165) is 19.3 Å². The van der Waals surface area contributed by atoms with Gasteiger partial charge in [-0.3, -0.25) is 4.70 Å². The molecule has 0 N–H and O–H groups in total. The largest absolute Gasteiger partial charge is 0.302 e. The van der Waals surface area contributed by atoms with Gasteiger partial charge in [0.2, 0.25) is 0 Å². The maximum atomic E-state index is 11.9. The zero-order valence-corrected chi connectivity index (χ0v) is 8.78. The summed E-state index contributed by atoms with van der Waals surface area (Å²) in [6.45, 7) is 2.12. The van der Waals surface area contributed by atoms with Gasteiger partial charge in [0, 0.05) is 0 Å². The Morgan fingerprint density at radius 1 is 1.00 bits per heavy atom. The molecule has 0 rings (SSSR count). The molecule has 0 aromatic rings. The fraction of sp³-hybridized carbons (Fsp3) is 1.00. The van der Waals surface area contributed by atoms with Crippen LogP contribution in [0.2, 0.25) is 0 Å². The van der Waals surface area contributed by atoms with Gasteiger partial charge in [0.1, 0.15) is 0 Å². The van der Waals surface area contributed by atoms with Gasteiger partial charge in [0.15, 0.2) is 0 Å². The van der Waals surface area contributed by atoms with Gasteiger partial charge in [-0.1, -0.05) is 39.0 Å². The second kappa shape index (κ2) is 8.41. The van der Waals surface area contributed by atoms with Crippen molar-refractivity contribution in [2.24, 2.45) is 0 Å². The lowest BCUT2D eigenvalue weighted by Crippen LogP contribution is -1.97. The number of hydrogen-bond acceptors (Lipinski definition) is 2. The van der Waals surface area contributed by atoms with Crippen molar-refractivity contribution < 1.29 is 17.0 Å². The minimum atomic E-state index is -4.22. The molecule has 0 bridgehead atoms. The quantitative estimate of drug-likeness (QED) is 0.484. The van der Waals surface area contributed by atoms with E-state index in [2.05, 4.69) is 6.92 Å². The standard InChI is InChI=1S/C8H17FO2S.FH/c1-2-3-4-5-6-7-8-12(9,10)11;/h2-8H2,1H3;1H. The van der Waals surface area contributed by atoms with Crippen molar-refractivity contribution >= 4 is 10.2 Å². The molecule has 0 fully saturated rings. The summed E-state index contributed by atoms with van der Waals surface area (Å²) in [5, 5.41) is 0. The van der Waals surface area contributed by atoms with Crippen LogP contribution in [0.5, 0.6) is 0 Å². The molecule has 0 aliphatic rings. The Hall–Kier alpha value is -0.190. The summed E-state index contributed by atoms with van der Waals surface area (Å²) in [5.74, 6) is -0.306. The second-order valence-corrected chi connectivity index (χ2v) is 4.50. The molecule has 82 valence electrons. The first-order valence-corrected chi connectivity index (χ1v) is 6.04. The molecule has 0 heterocycles. The average molecular weight is 216 g/mol. The van der Waals surface area contributed by atoms with E-state index in [0.29, 0.717) is 6.42 Å². The van der Waals surface area contributed by atoms with E-state index < -0.39 is 10.2 Å². The Bertz CT molecular complexity index is 190. The van der Waals surface area contributed by atoms with Crippen molar-refractivity contribution in [3.8, 4) is 0 Å². The monoisotopic (exact) mass is 216 g/mol. The molecule has 0 saturated heterocycles. The predicted molar refractivity (Wildman–Crippen MR) is 50.8 cm³/mol. The molecule has 0 radical (unpaired) electrons. The topological polar surface area (TPSA) is 34.1 Å². The lowest BCUT2D eigenvalue weighted by molar-refractivity contribution is 0.544. The Morgan fingerprint density at radius 3 is 1.92 bits per heavy atom. The first-order valence-electron chi connectivity index (χ1n) is 4.48. The highest BCUT2D eigenvalue weighted by atomic mass is 32.3. The van der Waals surface area contributed by atoms with Crippen molar-refractivity contribution in [3.63, 3.8) is 0 Å². The third-order valence-corrected chi connectivity index (χ3v) is 2.52. The molecular weight excluding hydrogens is 198 g/mol. The van der Waals surface area contributed by atoms with Gasteiger partial charge in [0.05, 0.1) is 5.75 Å². The highest BCUT2D eigenvalue weighted by molar-refractivity contribution is 7.86. The van der Waals surface area contributed by atoms with E-state index in [4.69, 9.17) is 0 Å². The molecule has 13 heavy (non-hydrogen) atoms. The van der Waals surface area contributed by atoms with Crippen LogP contribution < -0.4 is 0 Å². The van der Waals surface area contributed by atoms with E-state index in [1.807, 2.05) is 0 Å². The second-order valence-electron chi connectivity index (χ2n) is 3.01. The van der Waals surface area contributed by atoms with Crippen LogP contribution in [0.1, 0.15) is 45.4 Å². The van der Waals surface area contributed by atoms with Crippen LogP contribution in [0.25, 0.3) is 0 Å². The maximum Gasteiger partial charge on any atom is 0.302 e. The molecule has 5 heteroatoms. The minimum absolute atomic E-state index is 0. The SMILES string of the molecule is CCCCCCCCS(=O)(=O)F.F. The summed E-state index contributed by atoms with van der Waals surface area (Å²) in [5.41, 5.74) is 0. The molecule has 0 aromatic heterocycles. The molecule has 0 aliphatic heterocycles. The third-order valence-electron chi connectivity index (χ3n) is 1.74. The summed E-state index contributed by atoms with van der Waals surface area (Å²) in [4.78, 5) is 0. The lowest BCUT2D eigenvalue weighted by Gasteiger charge is -1.97. The zero-order chi connectivity index (χ0) is 9.45. The van der Waals surface area contributed by atoms with E-state index in [9.17, 15) is 12.3 Å². The molecular formula is C8H18F2O2S. The Kier molecular flexibility index (Phi) is 9.89. The van der Waals surface area contributed by atoms with E-state index in [1.54, 1.807) is 0 Å². The molecule has 0 aliphatic carbocycles. The number of rotatable bonds is 7. The first kappa shape index (κ1) is 15.3. The smallest absolute Gasteiger partial charge is 0.269 e. The van der Waals surface area contributed by atoms with Crippen LogP contribution in [0, 0.1) is 0 Å². The third kappa shape index (κ3) is 14.6. The minimum Gasteiger partial charge on any atom is -0.269 e. The Morgan fingerprint density at radius 2 is 1.46 bits per heavy atom. The predicted octanol–water partition coefficient (Wildman–Crippen LogP) is 2.80. The average Bonchev–Trinajstić information content (AvgIpc) is 1.94. The highest BCUT2D eigenvalue weighted by Crippen LogP contribution is 2.06. The van der Waals surface area contributed by atoms with Gasteiger partial charge in [-0.05, 0) is 6.42 Å². The van der Waals surface area contributed by atoms with Crippen molar-refractivity contribution in [1.29, 1.82) is 0 Å². The Balaban J connectivity index is 0. The molecule has 0 saturated carbocycles. The lowest BCUT2D eigenvalue weighted by atomic mass is 10.1. The number of unbranched alkanes of at least 4 members (excludes halogenated alkanes) is 5. The van der Waals surface area contributed by atoms with Gasteiger partial charge >= 0.3 is 10.2 Å². The summed E-state index contributed by atoms with van der Waals surface area (Å²) < 4.78 is 32.0. The fourth-order valence-electron chi connectivity index (χ4n) is 1.05. The Labute approximate surface area is 79.1 Å². The summed E-state index contributed by atoms with van der Waals surface area (Å²) >= 11 is 0. The normalized spacial score (nSPS) is 10.9. The molecule has 0 spiro atoms. The molecule has 0 amide bonds. The van der Waals surface area contributed by atoms with Gasteiger partial charge in [-0.15, -0.1) is 3.89 Å². The van der Waals surface area contributed by atoms with Crippen LogP contribution in [0.15, 0.2) is 0 Å². The fourth-order valence-corrected chi connectivity index (χ4v) is 1.60. The summed E-state index contributed by atoms with van der Waals surface area (Å²) in [7, 11) is -4.22. The highest BCUT2D eigenvalue weighted by Gasteiger charge is 2.04. The van der Waals surface area contributed by atoms with Crippen LogP contribution in [-0.2, 0) is 10.2 Å². The first-order chi connectivity index (χ1) is 5.56.